The fourth-order valence-electron chi connectivity index (χ4n) is 3.31. The van der Waals surface area contributed by atoms with Gasteiger partial charge in [0, 0.05) is 18.4 Å². The molecule has 0 fully saturated rings. The molecule has 3 aromatic heterocycles. The van der Waals surface area contributed by atoms with Gasteiger partial charge in [-0.3, -0.25) is 4.98 Å². The zero-order valence-electron chi connectivity index (χ0n) is 20.1. The molecule has 2 unspecified atom stereocenters. The number of aromatic nitrogens is 5. The highest BCUT2D eigenvalue weighted by atomic mass is 19.4. The number of hydrogen-bond donors (Lipinski definition) is 3. The first-order chi connectivity index (χ1) is 17.2. The van der Waals surface area contributed by atoms with Crippen molar-refractivity contribution in [1.29, 1.82) is 0 Å². The molecule has 200 valence electrons. The number of hydrogen-bond acceptors (Lipinski definition) is 8. The van der Waals surface area contributed by atoms with Crippen molar-refractivity contribution in [1.82, 2.24) is 24.9 Å². The van der Waals surface area contributed by atoms with Gasteiger partial charge in [0.2, 0.25) is 11.9 Å². The van der Waals surface area contributed by atoms with Crippen molar-refractivity contribution in [2.24, 2.45) is 5.92 Å². The summed E-state index contributed by atoms with van der Waals surface area (Å²) in [5.74, 6) is -0.753. The molecule has 14 heteroatoms. The highest BCUT2D eigenvalue weighted by molar-refractivity contribution is 5.59. The Bertz CT molecular complexity index is 1220. The molecule has 3 N–H and O–H groups in total. The molecule has 0 bridgehead atoms. The Morgan fingerprint density at radius 2 is 1.59 bits per heavy atom. The first-order valence-electron chi connectivity index (χ1n) is 11.3. The van der Waals surface area contributed by atoms with Crippen molar-refractivity contribution in [2.45, 2.75) is 51.6 Å². The van der Waals surface area contributed by atoms with Crippen molar-refractivity contribution < 1.29 is 31.4 Å². The predicted molar refractivity (Wildman–Crippen MR) is 124 cm³/mol. The molecular weight excluding hydrogens is 504 g/mol. The van der Waals surface area contributed by atoms with Gasteiger partial charge in [0.25, 0.3) is 0 Å². The molecule has 0 amide bonds. The zero-order valence-corrected chi connectivity index (χ0v) is 20.1. The van der Waals surface area contributed by atoms with Gasteiger partial charge >= 0.3 is 12.4 Å². The Kier molecular flexibility index (Phi) is 8.20. The summed E-state index contributed by atoms with van der Waals surface area (Å²) in [7, 11) is 0. The third-order valence-corrected chi connectivity index (χ3v) is 5.60. The molecular formula is C23H25F6N7O. The van der Waals surface area contributed by atoms with Gasteiger partial charge in [-0.05, 0) is 43.5 Å². The molecule has 0 aliphatic carbocycles. The lowest BCUT2D eigenvalue weighted by Crippen LogP contribution is -2.40. The molecule has 3 heterocycles. The van der Waals surface area contributed by atoms with Crippen LogP contribution in [0.1, 0.15) is 45.0 Å². The summed E-state index contributed by atoms with van der Waals surface area (Å²) < 4.78 is 78.7. The molecule has 0 radical (unpaired) electrons. The molecule has 3 rings (SSSR count). The summed E-state index contributed by atoms with van der Waals surface area (Å²) in [4.78, 5) is 19.2. The molecule has 37 heavy (non-hydrogen) atoms. The van der Waals surface area contributed by atoms with Gasteiger partial charge in [-0.25, -0.2) is 4.98 Å². The van der Waals surface area contributed by atoms with E-state index in [9.17, 15) is 31.4 Å². The van der Waals surface area contributed by atoms with Crippen LogP contribution in [-0.2, 0) is 12.4 Å². The van der Waals surface area contributed by atoms with Crippen LogP contribution >= 0.6 is 0 Å². The minimum atomic E-state index is -4.72. The van der Waals surface area contributed by atoms with E-state index < -0.39 is 29.3 Å². The maximum Gasteiger partial charge on any atom is 0.433 e. The van der Waals surface area contributed by atoms with Crippen LogP contribution in [0.3, 0.4) is 0 Å². The zero-order chi connectivity index (χ0) is 27.4. The fourth-order valence-corrected chi connectivity index (χ4v) is 3.31. The summed E-state index contributed by atoms with van der Waals surface area (Å²) in [6.07, 6.45) is -6.90. The normalized spacial score (nSPS) is 14.6. The van der Waals surface area contributed by atoms with Crippen LogP contribution in [0.15, 0.2) is 36.5 Å². The van der Waals surface area contributed by atoms with Crippen molar-refractivity contribution in [3.05, 3.63) is 47.9 Å². The van der Waals surface area contributed by atoms with Gasteiger partial charge in [-0.2, -0.15) is 41.3 Å². The average molecular weight is 529 g/mol. The molecule has 3 aromatic rings. The van der Waals surface area contributed by atoms with Crippen molar-refractivity contribution in [3.63, 3.8) is 0 Å². The largest absolute Gasteiger partial charge is 0.433 e. The van der Waals surface area contributed by atoms with E-state index >= 15 is 0 Å². The molecule has 0 spiro atoms. The Labute approximate surface area is 208 Å². The van der Waals surface area contributed by atoms with E-state index in [-0.39, 0.29) is 41.6 Å². The highest BCUT2D eigenvalue weighted by Gasteiger charge is 2.34. The van der Waals surface area contributed by atoms with Crippen molar-refractivity contribution in [2.75, 3.05) is 17.2 Å². The summed E-state index contributed by atoms with van der Waals surface area (Å²) in [5.41, 5.74) is -3.82. The van der Waals surface area contributed by atoms with Gasteiger partial charge in [0.05, 0.1) is 5.60 Å². The molecule has 0 aliphatic rings. The molecule has 0 saturated heterocycles. The molecule has 0 aliphatic heterocycles. The van der Waals surface area contributed by atoms with Crippen molar-refractivity contribution >= 4 is 17.6 Å². The Balaban J connectivity index is 2.00. The molecule has 8 nitrogen and oxygen atoms in total. The van der Waals surface area contributed by atoms with Gasteiger partial charge in [0.15, 0.2) is 5.82 Å². The van der Waals surface area contributed by atoms with Gasteiger partial charge in [0.1, 0.15) is 17.1 Å². The van der Waals surface area contributed by atoms with Crippen LogP contribution in [0.2, 0.25) is 0 Å². The van der Waals surface area contributed by atoms with Crippen molar-refractivity contribution in [3.8, 4) is 11.5 Å². The summed E-state index contributed by atoms with van der Waals surface area (Å²) >= 11 is 0. The van der Waals surface area contributed by atoms with Gasteiger partial charge in [-0.15, -0.1) is 0 Å². The fraction of sp³-hybridized carbons (Fsp3) is 0.435. The topological polar surface area (TPSA) is 109 Å². The first-order valence-corrected chi connectivity index (χ1v) is 11.3. The van der Waals surface area contributed by atoms with E-state index in [1.54, 1.807) is 6.92 Å². The third kappa shape index (κ3) is 7.47. The second-order valence-corrected chi connectivity index (χ2v) is 8.67. The van der Waals surface area contributed by atoms with E-state index in [0.29, 0.717) is 0 Å². The monoisotopic (exact) mass is 529 g/mol. The lowest BCUT2D eigenvalue weighted by Gasteiger charge is -2.30. The molecule has 0 aromatic carbocycles. The van der Waals surface area contributed by atoms with E-state index in [0.717, 1.165) is 37.2 Å². The maximum absolute atomic E-state index is 13.2. The van der Waals surface area contributed by atoms with E-state index in [4.69, 9.17) is 0 Å². The highest BCUT2D eigenvalue weighted by Crippen LogP contribution is 2.31. The first kappa shape index (κ1) is 28.0. The summed E-state index contributed by atoms with van der Waals surface area (Å²) in [6.45, 7) is 5.44. The number of alkyl halides is 6. The van der Waals surface area contributed by atoms with Crippen LogP contribution in [0.5, 0.6) is 0 Å². The number of nitrogens with zero attached hydrogens (tertiary/aromatic N) is 5. The van der Waals surface area contributed by atoms with Gasteiger partial charge in [-0.1, -0.05) is 26.3 Å². The number of pyridine rings is 2. The number of rotatable bonds is 9. The number of anilines is 3. The minimum Gasteiger partial charge on any atom is -0.388 e. The standard InChI is InChI=1S/C23H25F6N7O/c1-4-6-13(2)21(3,37)12-31-19-34-18(15-7-5-8-16(33-15)22(24,25)26)35-20(36-19)32-14-9-10-30-17(11-14)23(27,28)29/h5,7-11,13,37H,4,6,12H2,1-3H3,(H2,30,31,32,34,35,36). The molecule has 0 saturated carbocycles. The second-order valence-electron chi connectivity index (χ2n) is 8.67. The maximum atomic E-state index is 13.2. The van der Waals surface area contributed by atoms with Gasteiger partial charge < -0.3 is 15.7 Å². The summed E-state index contributed by atoms with van der Waals surface area (Å²) in [5, 5.41) is 16.2. The second kappa shape index (κ2) is 10.8. The molecule has 2 atom stereocenters. The summed E-state index contributed by atoms with van der Waals surface area (Å²) in [6, 6.07) is 5.14. The van der Waals surface area contributed by atoms with Crippen LogP contribution in [0.4, 0.5) is 43.9 Å². The van der Waals surface area contributed by atoms with Crippen LogP contribution < -0.4 is 10.6 Å². The van der Waals surface area contributed by atoms with E-state index in [2.05, 4.69) is 35.6 Å². The van der Waals surface area contributed by atoms with Crippen LogP contribution in [0, 0.1) is 5.92 Å². The smallest absolute Gasteiger partial charge is 0.388 e. The number of aliphatic hydroxyl groups is 1. The Morgan fingerprint density at radius 1 is 0.919 bits per heavy atom. The SMILES string of the molecule is CCCC(C)C(C)(O)CNc1nc(Nc2ccnc(C(F)(F)F)c2)nc(-c2cccc(C(F)(F)F)n2)n1. The Hall–Kier alpha value is -3.55. The van der Waals surface area contributed by atoms with E-state index in [1.165, 1.54) is 12.1 Å². The third-order valence-electron chi connectivity index (χ3n) is 5.60. The van der Waals surface area contributed by atoms with E-state index in [1.807, 2.05) is 13.8 Å². The Morgan fingerprint density at radius 3 is 2.24 bits per heavy atom. The lowest BCUT2D eigenvalue weighted by molar-refractivity contribution is -0.141. The minimum absolute atomic E-state index is 0.0133. The quantitative estimate of drug-likeness (QED) is 0.303. The average Bonchev–Trinajstić information content (AvgIpc) is 2.82. The predicted octanol–water partition coefficient (Wildman–Crippen LogP) is 5.71. The van der Waals surface area contributed by atoms with Crippen LogP contribution in [-0.4, -0.2) is 42.2 Å². The van der Waals surface area contributed by atoms with Crippen LogP contribution in [0.25, 0.3) is 11.5 Å². The number of nitrogens with one attached hydrogen (secondary N) is 2. The number of halogens is 6. The lowest BCUT2D eigenvalue weighted by atomic mass is 9.87.